The van der Waals surface area contributed by atoms with Crippen molar-refractivity contribution >= 4 is 11.9 Å². The van der Waals surface area contributed by atoms with Crippen LogP contribution < -0.4 is 0 Å². The number of rotatable bonds is 8. The average Bonchev–Trinajstić information content (AvgIpc) is 2.98. The van der Waals surface area contributed by atoms with Crippen LogP contribution in [0.5, 0.6) is 0 Å². The van der Waals surface area contributed by atoms with Gasteiger partial charge in [0.25, 0.3) is 0 Å². The first kappa shape index (κ1) is 18.4. The summed E-state index contributed by atoms with van der Waals surface area (Å²) in [6.07, 6.45) is 2.15. The van der Waals surface area contributed by atoms with E-state index in [9.17, 15) is 14.7 Å². The monoisotopic (exact) mass is 342 g/mol. The Labute approximate surface area is 146 Å². The molecular weight excluding hydrogens is 320 g/mol. The van der Waals surface area contributed by atoms with Gasteiger partial charge in [0.2, 0.25) is 0 Å². The molecule has 132 valence electrons. The maximum atomic E-state index is 12.0. The number of hydrogen-bond donors (Lipinski definition) is 1. The Morgan fingerprint density at radius 1 is 1.28 bits per heavy atom. The summed E-state index contributed by atoms with van der Waals surface area (Å²) in [6.45, 7) is 7.90. The van der Waals surface area contributed by atoms with Crippen LogP contribution in [0.4, 0.5) is 0 Å². The minimum atomic E-state index is -1.20. The normalized spacial score (nSPS) is 11.8. The quantitative estimate of drug-likeness (QED) is 0.589. The molecule has 0 amide bonds. The molecule has 0 aliphatic carbocycles. The van der Waals surface area contributed by atoms with E-state index >= 15 is 0 Å². The van der Waals surface area contributed by atoms with Gasteiger partial charge in [0.15, 0.2) is 0 Å². The lowest BCUT2D eigenvalue weighted by molar-refractivity contribution is -0.143. The molecule has 25 heavy (non-hydrogen) atoms. The zero-order chi connectivity index (χ0) is 18.4. The van der Waals surface area contributed by atoms with E-state index in [1.807, 2.05) is 41.8 Å². The molecule has 1 N–H and O–H groups in total. The topological polar surface area (TPSA) is 81.4 Å². The van der Waals surface area contributed by atoms with Crippen LogP contribution >= 0.6 is 0 Å². The standard InChI is InChI=1S/C19H22N2O4/c1-4-16-20-11-15(21(16)12-14-9-7-6-8-10-14)17(18(22)23)13(3)19(24)25-5-2/h6-11,17H,3-5,12H2,1-2H3,(H,22,23). The van der Waals surface area contributed by atoms with Crippen LogP contribution in [0, 0.1) is 0 Å². The number of aliphatic carboxylic acids is 1. The highest BCUT2D eigenvalue weighted by Gasteiger charge is 2.32. The van der Waals surface area contributed by atoms with Gasteiger partial charge in [0, 0.05) is 19.2 Å². The molecule has 6 nitrogen and oxygen atoms in total. The van der Waals surface area contributed by atoms with Gasteiger partial charge in [-0.2, -0.15) is 0 Å². The second-order valence-electron chi connectivity index (χ2n) is 5.54. The summed E-state index contributed by atoms with van der Waals surface area (Å²) in [5.74, 6) is -2.31. The van der Waals surface area contributed by atoms with Gasteiger partial charge in [-0.15, -0.1) is 0 Å². The van der Waals surface area contributed by atoms with Gasteiger partial charge >= 0.3 is 11.9 Å². The van der Waals surface area contributed by atoms with E-state index in [1.165, 1.54) is 6.20 Å². The minimum Gasteiger partial charge on any atom is -0.480 e. The first-order chi connectivity index (χ1) is 12.0. The summed E-state index contributed by atoms with van der Waals surface area (Å²) in [6, 6.07) is 9.67. The van der Waals surface area contributed by atoms with E-state index < -0.39 is 17.9 Å². The maximum absolute atomic E-state index is 12.0. The number of aromatic nitrogens is 2. The Hall–Kier alpha value is -2.89. The van der Waals surface area contributed by atoms with Crippen LogP contribution in [0.25, 0.3) is 0 Å². The molecule has 1 unspecified atom stereocenters. The molecule has 0 saturated carbocycles. The molecule has 1 heterocycles. The van der Waals surface area contributed by atoms with Crippen molar-refractivity contribution in [3.8, 4) is 0 Å². The highest BCUT2D eigenvalue weighted by atomic mass is 16.5. The number of carbonyl (C=O) groups is 2. The van der Waals surface area contributed by atoms with Gasteiger partial charge in [-0.3, -0.25) is 4.79 Å². The molecule has 2 rings (SSSR count). The molecule has 2 aromatic rings. The van der Waals surface area contributed by atoms with Crippen LogP contribution in [0.2, 0.25) is 0 Å². The van der Waals surface area contributed by atoms with Crippen LogP contribution in [0.3, 0.4) is 0 Å². The first-order valence-corrected chi connectivity index (χ1v) is 8.16. The van der Waals surface area contributed by atoms with Crippen molar-refractivity contribution in [3.63, 3.8) is 0 Å². The van der Waals surface area contributed by atoms with Crippen molar-refractivity contribution < 1.29 is 19.4 Å². The molecule has 0 aliphatic rings. The number of ether oxygens (including phenoxy) is 1. The number of carbonyl (C=O) groups excluding carboxylic acids is 1. The van der Waals surface area contributed by atoms with Crippen LogP contribution in [0.1, 0.15) is 36.8 Å². The third-order valence-corrected chi connectivity index (χ3v) is 3.90. The van der Waals surface area contributed by atoms with Crippen LogP contribution in [0.15, 0.2) is 48.7 Å². The summed E-state index contributed by atoms with van der Waals surface area (Å²) >= 11 is 0. The molecule has 0 spiro atoms. The van der Waals surface area contributed by atoms with Gasteiger partial charge < -0.3 is 14.4 Å². The van der Waals surface area contributed by atoms with Crippen molar-refractivity contribution in [2.24, 2.45) is 0 Å². The molecule has 0 aliphatic heterocycles. The number of benzene rings is 1. The third-order valence-electron chi connectivity index (χ3n) is 3.90. The van der Waals surface area contributed by atoms with E-state index in [2.05, 4.69) is 11.6 Å². The van der Waals surface area contributed by atoms with Crippen molar-refractivity contribution in [1.82, 2.24) is 9.55 Å². The van der Waals surface area contributed by atoms with Crippen molar-refractivity contribution in [2.75, 3.05) is 6.61 Å². The number of hydrogen-bond acceptors (Lipinski definition) is 4. The van der Waals surface area contributed by atoms with Gasteiger partial charge in [-0.1, -0.05) is 43.8 Å². The fraction of sp³-hybridized carbons (Fsp3) is 0.316. The lowest BCUT2D eigenvalue weighted by Gasteiger charge is -2.18. The molecular formula is C19H22N2O4. The highest BCUT2D eigenvalue weighted by Crippen LogP contribution is 2.27. The molecule has 0 fully saturated rings. The third kappa shape index (κ3) is 4.15. The number of carboxylic acids is 1. The Balaban J connectivity index is 2.44. The van der Waals surface area contributed by atoms with E-state index in [0.717, 1.165) is 11.4 Å². The van der Waals surface area contributed by atoms with Crippen molar-refractivity contribution in [2.45, 2.75) is 32.7 Å². The summed E-state index contributed by atoms with van der Waals surface area (Å²) in [5.41, 5.74) is 1.33. The molecule has 0 saturated heterocycles. The largest absolute Gasteiger partial charge is 0.480 e. The smallest absolute Gasteiger partial charge is 0.334 e. The average molecular weight is 342 g/mol. The van der Waals surface area contributed by atoms with Crippen molar-refractivity contribution in [3.05, 3.63) is 65.8 Å². The summed E-state index contributed by atoms with van der Waals surface area (Å²) < 4.78 is 6.75. The number of carboxylic acid groups (broad SMARTS) is 1. The Kier molecular flexibility index (Phi) is 6.11. The Morgan fingerprint density at radius 3 is 2.52 bits per heavy atom. The molecule has 1 aromatic carbocycles. The molecule has 6 heteroatoms. The summed E-state index contributed by atoms with van der Waals surface area (Å²) in [4.78, 5) is 28.2. The highest BCUT2D eigenvalue weighted by molar-refractivity contribution is 5.97. The second-order valence-corrected chi connectivity index (χ2v) is 5.54. The fourth-order valence-corrected chi connectivity index (χ4v) is 2.69. The number of imidazole rings is 1. The number of aryl methyl sites for hydroxylation is 1. The predicted molar refractivity (Wildman–Crippen MR) is 93.3 cm³/mol. The van der Waals surface area contributed by atoms with Crippen LogP contribution in [-0.4, -0.2) is 33.2 Å². The lowest BCUT2D eigenvalue weighted by Crippen LogP contribution is -2.24. The predicted octanol–water partition coefficient (Wildman–Crippen LogP) is 2.78. The van der Waals surface area contributed by atoms with Crippen molar-refractivity contribution in [1.29, 1.82) is 0 Å². The SMILES string of the molecule is C=C(C(=O)OCC)C(C(=O)O)c1cnc(CC)n1Cc1ccccc1. The second kappa shape index (κ2) is 8.28. The molecule has 0 bridgehead atoms. The Bertz CT molecular complexity index is 765. The summed E-state index contributed by atoms with van der Waals surface area (Å²) in [5, 5.41) is 9.68. The maximum Gasteiger partial charge on any atom is 0.334 e. The van der Waals surface area contributed by atoms with Gasteiger partial charge in [-0.25, -0.2) is 9.78 Å². The van der Waals surface area contributed by atoms with Gasteiger partial charge in [0.05, 0.1) is 17.9 Å². The number of esters is 1. The van der Waals surface area contributed by atoms with E-state index in [-0.39, 0.29) is 12.2 Å². The van der Waals surface area contributed by atoms with Gasteiger partial charge in [-0.05, 0) is 12.5 Å². The molecule has 0 radical (unpaired) electrons. The molecule has 1 atom stereocenters. The zero-order valence-electron chi connectivity index (χ0n) is 14.4. The molecule has 1 aromatic heterocycles. The minimum absolute atomic E-state index is 0.105. The number of nitrogens with zero attached hydrogens (tertiary/aromatic N) is 2. The Morgan fingerprint density at radius 2 is 1.96 bits per heavy atom. The van der Waals surface area contributed by atoms with E-state index in [0.29, 0.717) is 18.7 Å². The zero-order valence-corrected chi connectivity index (χ0v) is 14.4. The summed E-state index contributed by atoms with van der Waals surface area (Å²) in [7, 11) is 0. The van der Waals surface area contributed by atoms with Crippen LogP contribution in [-0.2, 0) is 27.3 Å². The first-order valence-electron chi connectivity index (χ1n) is 8.16. The lowest BCUT2D eigenvalue weighted by atomic mass is 9.97. The van der Waals surface area contributed by atoms with Gasteiger partial charge in [0.1, 0.15) is 11.7 Å². The van der Waals surface area contributed by atoms with E-state index in [1.54, 1.807) is 6.92 Å². The van der Waals surface area contributed by atoms with E-state index in [4.69, 9.17) is 4.74 Å². The fourth-order valence-electron chi connectivity index (χ4n) is 2.69.